The van der Waals surface area contributed by atoms with Gasteiger partial charge < -0.3 is 43.0 Å². The molecule has 0 fully saturated rings. The van der Waals surface area contributed by atoms with Crippen LogP contribution in [-0.4, -0.2) is 91.1 Å². The van der Waals surface area contributed by atoms with Crippen LogP contribution >= 0.6 is 11.6 Å². The van der Waals surface area contributed by atoms with E-state index < -0.39 is 0 Å². The lowest BCUT2D eigenvalue weighted by molar-refractivity contribution is 0.294. The molecule has 0 spiro atoms. The number of aryl methyl sites for hydroxylation is 3. The molecule has 6 rings (SSSR count). The van der Waals surface area contributed by atoms with Crippen molar-refractivity contribution in [3.63, 3.8) is 0 Å². The second-order valence-corrected chi connectivity index (χ2v) is 16.0. The minimum Gasteiger partial charge on any atom is -0.398 e. The summed E-state index contributed by atoms with van der Waals surface area (Å²) in [7, 11) is 0. The summed E-state index contributed by atoms with van der Waals surface area (Å²) in [6.07, 6.45) is 6.38. The van der Waals surface area contributed by atoms with Crippen molar-refractivity contribution >= 4 is 73.7 Å². The van der Waals surface area contributed by atoms with Gasteiger partial charge in [-0.1, -0.05) is 27.7 Å². The third kappa shape index (κ3) is 16.1. The number of nitrogens with two attached hydrogens (primary N) is 3. The van der Waals surface area contributed by atoms with Crippen molar-refractivity contribution in [3.8, 4) is 0 Å². The van der Waals surface area contributed by atoms with Crippen molar-refractivity contribution in [3.05, 3.63) is 89.2 Å². The number of hydrogen-bond acceptors (Lipinski definition) is 14. The number of benzene rings is 2. The highest BCUT2D eigenvalue weighted by Crippen LogP contribution is 2.27. The Morgan fingerprint density at radius 3 is 1.61 bits per heavy atom. The first-order valence-corrected chi connectivity index (χ1v) is 22.3. The SMILES string of the molecule is CCN(CC)CCCC(C)N.CCN(CC)CCCC(C)Nc1nccc(Nc2ccc3nc(C)cc(N)c3c2)n1.Cc1cc(Nc2ccc3nc(C)cc(N)c3c2)nc(Cl)n1. The lowest BCUT2D eigenvalue weighted by Crippen LogP contribution is -2.26. The number of halogens is 1. The first-order chi connectivity index (χ1) is 29.7. The van der Waals surface area contributed by atoms with Gasteiger partial charge in [-0.2, -0.15) is 4.98 Å². The zero-order valence-corrected chi connectivity index (χ0v) is 39.0. The number of nitrogen functional groups attached to an aromatic ring is 2. The Bertz CT molecular complexity index is 2270. The van der Waals surface area contributed by atoms with E-state index in [-0.39, 0.29) is 5.28 Å². The van der Waals surface area contributed by atoms with Crippen LogP contribution in [0.25, 0.3) is 21.8 Å². The highest BCUT2D eigenvalue weighted by Gasteiger charge is 2.09. The van der Waals surface area contributed by atoms with Gasteiger partial charge in [0.1, 0.15) is 11.6 Å². The fourth-order valence-electron chi connectivity index (χ4n) is 6.96. The Balaban J connectivity index is 0.000000228. The van der Waals surface area contributed by atoms with Crippen molar-refractivity contribution in [2.75, 3.05) is 66.7 Å². The first kappa shape index (κ1) is 49.2. The second-order valence-electron chi connectivity index (χ2n) is 15.7. The van der Waals surface area contributed by atoms with Gasteiger partial charge in [0.05, 0.1) is 11.0 Å². The second kappa shape index (κ2) is 24.9. The molecule has 2 aromatic carbocycles. The summed E-state index contributed by atoms with van der Waals surface area (Å²) < 4.78 is 0. The summed E-state index contributed by atoms with van der Waals surface area (Å²) in [6.45, 7) is 25.7. The number of rotatable bonds is 18. The Morgan fingerprint density at radius 2 is 1.11 bits per heavy atom. The molecule has 0 saturated heterocycles. The molecular formula is C47H69ClN14. The predicted octanol–water partition coefficient (Wildman–Crippen LogP) is 9.66. The highest BCUT2D eigenvalue weighted by atomic mass is 35.5. The Labute approximate surface area is 373 Å². The van der Waals surface area contributed by atoms with Gasteiger partial charge in [-0.05, 0) is 166 Å². The molecule has 15 heteroatoms. The van der Waals surface area contributed by atoms with Crippen LogP contribution in [0.2, 0.25) is 5.28 Å². The fraction of sp³-hybridized carbons (Fsp3) is 0.447. The Hall–Kier alpha value is -5.41. The maximum atomic E-state index is 6.17. The minimum absolute atomic E-state index is 0.218. The van der Waals surface area contributed by atoms with E-state index in [1.54, 1.807) is 6.20 Å². The van der Waals surface area contributed by atoms with E-state index in [4.69, 9.17) is 28.8 Å². The first-order valence-electron chi connectivity index (χ1n) is 21.9. The molecule has 14 nitrogen and oxygen atoms in total. The molecule has 2 unspecified atom stereocenters. The zero-order chi connectivity index (χ0) is 45.2. The molecule has 0 bridgehead atoms. The molecule has 62 heavy (non-hydrogen) atoms. The number of nitrogens with one attached hydrogen (secondary N) is 3. The van der Waals surface area contributed by atoms with Crippen molar-refractivity contribution in [1.29, 1.82) is 0 Å². The molecule has 4 aromatic heterocycles. The minimum atomic E-state index is 0.218. The van der Waals surface area contributed by atoms with Gasteiger partial charge in [0.15, 0.2) is 0 Å². The molecule has 0 saturated carbocycles. The molecule has 334 valence electrons. The van der Waals surface area contributed by atoms with Crippen LogP contribution in [0.1, 0.15) is 84.3 Å². The maximum Gasteiger partial charge on any atom is 0.224 e. The predicted molar refractivity (Wildman–Crippen MR) is 263 cm³/mol. The van der Waals surface area contributed by atoms with Gasteiger partial charge in [-0.25, -0.2) is 15.0 Å². The van der Waals surface area contributed by atoms with Gasteiger partial charge in [0, 0.05) is 75.0 Å². The van der Waals surface area contributed by atoms with E-state index in [1.165, 1.54) is 13.0 Å². The van der Waals surface area contributed by atoms with Crippen LogP contribution < -0.4 is 33.2 Å². The number of anilines is 7. The molecule has 0 aliphatic heterocycles. The summed E-state index contributed by atoms with van der Waals surface area (Å²) in [6, 6.07) is 19.9. The number of pyridine rings is 2. The third-order valence-corrected chi connectivity index (χ3v) is 10.5. The lowest BCUT2D eigenvalue weighted by atomic mass is 10.1. The van der Waals surface area contributed by atoms with Crippen molar-refractivity contribution in [1.82, 2.24) is 39.7 Å². The standard InChI is InChI=1S/C23H33N7.C15H14ClN5.C9H22N2/c1-5-30(6-2)13-7-8-16(3)27-23-25-12-11-22(29-23)28-18-9-10-21-19(15-18)20(24)14-17(4)26-21;1-8-5-12(17)11-7-10(3-4-13(11)18-8)20-14-6-9(2)19-15(16)21-14;1-4-11(5-2)8-6-7-9(3)10/h9-12,14-16H,5-8,13H2,1-4H3,(H2,24,26)(H2,25,27,28,29);3-7H,1-2H3,(H2,17,18)(H,19,20,21);9H,4-8,10H2,1-3H3. The largest absolute Gasteiger partial charge is 0.398 e. The monoisotopic (exact) mass is 865 g/mol. The van der Waals surface area contributed by atoms with E-state index in [2.05, 4.69) is 97.2 Å². The molecule has 2 atom stereocenters. The number of fused-ring (bicyclic) bond motifs is 2. The van der Waals surface area contributed by atoms with Gasteiger partial charge in [-0.3, -0.25) is 9.97 Å². The van der Waals surface area contributed by atoms with Crippen molar-refractivity contribution in [2.45, 2.75) is 100 Å². The highest BCUT2D eigenvalue weighted by molar-refractivity contribution is 6.28. The zero-order valence-electron chi connectivity index (χ0n) is 38.3. The molecule has 0 amide bonds. The van der Waals surface area contributed by atoms with Crippen LogP contribution in [0.15, 0.2) is 66.9 Å². The summed E-state index contributed by atoms with van der Waals surface area (Å²) >= 11 is 5.86. The van der Waals surface area contributed by atoms with E-state index >= 15 is 0 Å². The van der Waals surface area contributed by atoms with E-state index in [0.717, 1.165) is 114 Å². The molecule has 6 aromatic rings. The summed E-state index contributed by atoms with van der Waals surface area (Å²) in [4.78, 5) is 31.0. The molecule has 9 N–H and O–H groups in total. The van der Waals surface area contributed by atoms with E-state index in [1.807, 2.05) is 81.4 Å². The summed E-state index contributed by atoms with van der Waals surface area (Å²) in [5, 5.41) is 12.0. The average molecular weight is 866 g/mol. The van der Waals surface area contributed by atoms with E-state index in [0.29, 0.717) is 29.5 Å². The van der Waals surface area contributed by atoms with Gasteiger partial charge >= 0.3 is 0 Å². The smallest absolute Gasteiger partial charge is 0.224 e. The van der Waals surface area contributed by atoms with Crippen LogP contribution in [0.5, 0.6) is 0 Å². The topological polar surface area (TPSA) is 198 Å². The van der Waals surface area contributed by atoms with Crippen LogP contribution in [0.4, 0.5) is 40.3 Å². The number of nitrogens with zero attached hydrogens (tertiary/aromatic N) is 8. The third-order valence-electron chi connectivity index (χ3n) is 10.4. The number of hydrogen-bond donors (Lipinski definition) is 6. The lowest BCUT2D eigenvalue weighted by Gasteiger charge is -2.19. The van der Waals surface area contributed by atoms with Crippen LogP contribution in [0, 0.1) is 20.8 Å². The van der Waals surface area contributed by atoms with Gasteiger partial charge in [0.2, 0.25) is 11.2 Å². The van der Waals surface area contributed by atoms with Crippen LogP contribution in [-0.2, 0) is 0 Å². The van der Waals surface area contributed by atoms with Crippen molar-refractivity contribution in [2.24, 2.45) is 5.73 Å². The summed E-state index contributed by atoms with van der Waals surface area (Å²) in [5.41, 5.74) is 25.5. The molecular weight excluding hydrogens is 796 g/mol. The molecule has 0 aliphatic rings. The number of aromatic nitrogens is 6. The van der Waals surface area contributed by atoms with Gasteiger partial charge in [0.25, 0.3) is 0 Å². The fourth-order valence-corrected chi connectivity index (χ4v) is 7.18. The molecule has 4 heterocycles. The van der Waals surface area contributed by atoms with Crippen LogP contribution in [0.3, 0.4) is 0 Å². The quantitative estimate of drug-likeness (QED) is 0.0447. The summed E-state index contributed by atoms with van der Waals surface area (Å²) in [5.74, 6) is 2.01. The van der Waals surface area contributed by atoms with Gasteiger partial charge in [-0.15, -0.1) is 0 Å². The average Bonchev–Trinajstić information content (AvgIpc) is 3.22. The van der Waals surface area contributed by atoms with Crippen molar-refractivity contribution < 1.29 is 0 Å². The molecule has 0 aliphatic carbocycles. The molecule has 0 radical (unpaired) electrons. The Kier molecular flexibility index (Phi) is 19.8. The van der Waals surface area contributed by atoms with E-state index in [9.17, 15) is 0 Å². The normalized spacial score (nSPS) is 12.1. The maximum absolute atomic E-state index is 6.17. The Morgan fingerprint density at radius 1 is 0.613 bits per heavy atom.